The molecule has 0 bridgehead atoms. The summed E-state index contributed by atoms with van der Waals surface area (Å²) < 4.78 is 11.6. The second-order valence-corrected chi connectivity index (χ2v) is 14.1. The number of carbonyl (C=O) groups excluding carboxylic acids is 1. The minimum Gasteiger partial charge on any atom is -0.490 e. The maximum absolute atomic E-state index is 13.0. The predicted molar refractivity (Wildman–Crippen MR) is 185 cm³/mol. The Hall–Kier alpha value is -2.43. The maximum Gasteiger partial charge on any atom is 0.314 e. The molecule has 45 heavy (non-hydrogen) atoms. The molecule has 0 N–H and O–H groups in total. The van der Waals surface area contributed by atoms with Crippen LogP contribution in [0.5, 0.6) is 11.5 Å². The van der Waals surface area contributed by atoms with Gasteiger partial charge in [0.05, 0.1) is 24.9 Å². The molecule has 0 atom stereocenters. The van der Waals surface area contributed by atoms with Crippen molar-refractivity contribution in [2.24, 2.45) is 23.7 Å². The molecule has 1 heterocycles. The van der Waals surface area contributed by atoms with Gasteiger partial charge in [-0.15, -0.1) is 0 Å². The van der Waals surface area contributed by atoms with Crippen molar-refractivity contribution in [3.05, 3.63) is 36.7 Å². The Balaban J connectivity index is 1.09. The molecule has 2 saturated carbocycles. The zero-order valence-electron chi connectivity index (χ0n) is 28.7. The molecule has 5 heteroatoms. The molecular formula is C40H62N2O3. The van der Waals surface area contributed by atoms with E-state index in [1.54, 1.807) is 12.4 Å². The van der Waals surface area contributed by atoms with Crippen molar-refractivity contribution in [1.29, 1.82) is 0 Å². The molecular weight excluding hydrogens is 556 g/mol. The Morgan fingerprint density at radius 3 is 1.78 bits per heavy atom. The van der Waals surface area contributed by atoms with E-state index in [4.69, 9.17) is 9.47 Å². The molecule has 2 fully saturated rings. The van der Waals surface area contributed by atoms with Crippen LogP contribution in [0.1, 0.15) is 155 Å². The van der Waals surface area contributed by atoms with Crippen LogP contribution in [0.3, 0.4) is 0 Å². The number of aromatic nitrogens is 2. The molecule has 0 radical (unpaired) electrons. The first-order chi connectivity index (χ1) is 22.2. The fraction of sp³-hybridized carbons (Fsp3) is 0.725. The summed E-state index contributed by atoms with van der Waals surface area (Å²) >= 11 is 0. The van der Waals surface area contributed by atoms with Gasteiger partial charge in [-0.1, -0.05) is 110 Å². The van der Waals surface area contributed by atoms with Crippen molar-refractivity contribution in [2.45, 2.75) is 155 Å². The van der Waals surface area contributed by atoms with Crippen molar-refractivity contribution in [3.63, 3.8) is 0 Å². The molecule has 1 aromatic heterocycles. The fourth-order valence-corrected chi connectivity index (χ4v) is 7.65. The highest BCUT2D eigenvalue weighted by Crippen LogP contribution is 2.42. The van der Waals surface area contributed by atoms with Gasteiger partial charge in [-0.3, -0.25) is 4.79 Å². The van der Waals surface area contributed by atoms with Gasteiger partial charge in [0, 0.05) is 5.56 Å². The van der Waals surface area contributed by atoms with E-state index in [1.165, 1.54) is 122 Å². The van der Waals surface area contributed by atoms with Crippen LogP contribution in [0, 0.1) is 23.7 Å². The molecule has 2 aromatic rings. The summed E-state index contributed by atoms with van der Waals surface area (Å²) in [6, 6.07) is 7.56. The molecule has 250 valence electrons. The lowest BCUT2D eigenvalue weighted by Crippen LogP contribution is -2.30. The van der Waals surface area contributed by atoms with Crippen molar-refractivity contribution < 1.29 is 14.3 Å². The van der Waals surface area contributed by atoms with Crippen LogP contribution in [0.15, 0.2) is 36.7 Å². The van der Waals surface area contributed by atoms with Gasteiger partial charge in [0.2, 0.25) is 0 Å². The van der Waals surface area contributed by atoms with E-state index in [1.807, 2.05) is 24.3 Å². The number of hydrogen-bond acceptors (Lipinski definition) is 5. The zero-order chi connectivity index (χ0) is 31.5. The number of rotatable bonds is 20. The molecule has 1 aromatic carbocycles. The standard InChI is InChI=1S/C40H62N2O3/c1-3-5-7-9-10-11-12-14-16-32-17-19-33(20-18-32)34-21-23-36(24-22-34)40(43)45-37-27-25-35(26-28-37)39-41-30-38(31-42-39)44-29-15-13-8-6-4-2/h25-28,30-34,36H,3-24,29H2,1-2H3/t32-,33-,34-,36-. The minimum absolute atomic E-state index is 0.0294. The zero-order valence-corrected chi connectivity index (χ0v) is 28.7. The molecule has 0 spiro atoms. The number of ether oxygens (including phenoxy) is 2. The minimum atomic E-state index is -0.0669. The van der Waals surface area contributed by atoms with E-state index in [2.05, 4.69) is 23.8 Å². The Kier molecular flexibility index (Phi) is 16.3. The van der Waals surface area contributed by atoms with Crippen LogP contribution in [-0.2, 0) is 4.79 Å². The van der Waals surface area contributed by atoms with Crippen LogP contribution in [-0.4, -0.2) is 22.5 Å². The number of esters is 1. The highest BCUT2D eigenvalue weighted by atomic mass is 16.5. The predicted octanol–water partition coefficient (Wildman–Crippen LogP) is 11.5. The Labute approximate surface area is 274 Å². The van der Waals surface area contributed by atoms with Gasteiger partial charge < -0.3 is 9.47 Å². The third-order valence-electron chi connectivity index (χ3n) is 10.6. The van der Waals surface area contributed by atoms with Crippen LogP contribution >= 0.6 is 0 Å². The highest BCUT2D eigenvalue weighted by Gasteiger charge is 2.33. The van der Waals surface area contributed by atoms with Crippen molar-refractivity contribution in [1.82, 2.24) is 9.97 Å². The summed E-state index contributed by atoms with van der Waals surface area (Å²) in [5.74, 6) is 4.56. The van der Waals surface area contributed by atoms with E-state index in [0.717, 1.165) is 42.6 Å². The fourth-order valence-electron chi connectivity index (χ4n) is 7.65. The highest BCUT2D eigenvalue weighted by molar-refractivity contribution is 5.75. The van der Waals surface area contributed by atoms with Gasteiger partial charge in [0.15, 0.2) is 11.6 Å². The number of unbranched alkanes of at least 4 members (excludes halogenated alkanes) is 11. The molecule has 0 aliphatic heterocycles. The molecule has 2 aliphatic rings. The van der Waals surface area contributed by atoms with E-state index < -0.39 is 0 Å². The molecule has 0 saturated heterocycles. The van der Waals surface area contributed by atoms with Gasteiger partial charge in [0.1, 0.15) is 5.75 Å². The maximum atomic E-state index is 13.0. The molecule has 4 rings (SSSR count). The van der Waals surface area contributed by atoms with Crippen LogP contribution in [0.25, 0.3) is 11.4 Å². The van der Waals surface area contributed by atoms with Gasteiger partial charge >= 0.3 is 5.97 Å². The van der Waals surface area contributed by atoms with Gasteiger partial charge in [-0.05, 0) is 87.0 Å². The Bertz CT molecular complexity index is 1050. The summed E-state index contributed by atoms with van der Waals surface area (Å²) in [7, 11) is 0. The SMILES string of the molecule is CCCCCCCCCC[C@H]1CC[C@H]([C@H]2CC[C@H](C(=O)Oc3ccc(-c4ncc(OCCCCCCC)cn4)cc3)CC2)CC1. The van der Waals surface area contributed by atoms with Crippen LogP contribution in [0.4, 0.5) is 0 Å². The molecule has 2 aliphatic carbocycles. The van der Waals surface area contributed by atoms with E-state index in [9.17, 15) is 4.79 Å². The average molecular weight is 619 g/mol. The normalized spacial score (nSPS) is 21.8. The van der Waals surface area contributed by atoms with E-state index in [-0.39, 0.29) is 11.9 Å². The number of carbonyl (C=O) groups is 1. The van der Waals surface area contributed by atoms with Gasteiger partial charge in [-0.25, -0.2) is 9.97 Å². The van der Waals surface area contributed by atoms with Crippen LogP contribution in [0.2, 0.25) is 0 Å². The quantitative estimate of drug-likeness (QED) is 0.0839. The monoisotopic (exact) mass is 618 g/mol. The first kappa shape index (κ1) is 35.4. The largest absolute Gasteiger partial charge is 0.490 e. The van der Waals surface area contributed by atoms with Crippen LogP contribution < -0.4 is 9.47 Å². The number of nitrogens with zero attached hydrogens (tertiary/aromatic N) is 2. The van der Waals surface area contributed by atoms with E-state index in [0.29, 0.717) is 23.9 Å². The molecule has 0 amide bonds. The first-order valence-corrected chi connectivity index (χ1v) is 18.9. The summed E-state index contributed by atoms with van der Waals surface area (Å²) in [4.78, 5) is 22.0. The van der Waals surface area contributed by atoms with Gasteiger partial charge in [0.25, 0.3) is 0 Å². The summed E-state index contributed by atoms with van der Waals surface area (Å²) in [5, 5.41) is 0. The third-order valence-corrected chi connectivity index (χ3v) is 10.6. The topological polar surface area (TPSA) is 61.3 Å². The first-order valence-electron chi connectivity index (χ1n) is 18.9. The molecule has 5 nitrogen and oxygen atoms in total. The summed E-state index contributed by atoms with van der Waals surface area (Å²) in [6.07, 6.45) is 32.4. The van der Waals surface area contributed by atoms with Crippen molar-refractivity contribution in [2.75, 3.05) is 6.61 Å². The van der Waals surface area contributed by atoms with Gasteiger partial charge in [-0.2, -0.15) is 0 Å². The van der Waals surface area contributed by atoms with Crippen molar-refractivity contribution in [3.8, 4) is 22.9 Å². The lowest BCUT2D eigenvalue weighted by atomic mass is 9.68. The lowest BCUT2D eigenvalue weighted by Gasteiger charge is -2.37. The average Bonchev–Trinajstić information content (AvgIpc) is 3.08. The molecule has 0 unspecified atom stereocenters. The summed E-state index contributed by atoms with van der Waals surface area (Å²) in [5.41, 5.74) is 0.897. The Morgan fingerprint density at radius 2 is 1.18 bits per heavy atom. The number of hydrogen-bond donors (Lipinski definition) is 0. The van der Waals surface area contributed by atoms with Crippen molar-refractivity contribution >= 4 is 5.97 Å². The second kappa shape index (κ2) is 20.6. The van der Waals surface area contributed by atoms with E-state index >= 15 is 0 Å². The summed E-state index contributed by atoms with van der Waals surface area (Å²) in [6.45, 7) is 5.22. The lowest BCUT2D eigenvalue weighted by molar-refractivity contribution is -0.140. The smallest absolute Gasteiger partial charge is 0.314 e. The third kappa shape index (κ3) is 12.7. The second-order valence-electron chi connectivity index (χ2n) is 14.1. The Morgan fingerprint density at radius 1 is 0.644 bits per heavy atom. The number of benzene rings is 1.